The second-order valence-electron chi connectivity index (χ2n) is 7.59. The zero-order valence-corrected chi connectivity index (χ0v) is 19.1. The SMILES string of the molecule is CCCN(CC(=O)Nc1ccccc1C)C(=O)COC(=O)c1oc2ccccc2c1COC. The molecule has 33 heavy (non-hydrogen) atoms. The molecule has 1 heterocycles. The molecule has 0 aliphatic rings. The third-order valence-corrected chi connectivity index (χ3v) is 5.10. The number of para-hydroxylation sites is 2. The highest BCUT2D eigenvalue weighted by Gasteiger charge is 2.24. The number of hydrogen-bond acceptors (Lipinski definition) is 6. The van der Waals surface area contributed by atoms with Crippen LogP contribution in [-0.4, -0.2) is 49.5 Å². The molecule has 3 rings (SSSR count). The number of nitrogens with one attached hydrogen (secondary N) is 1. The second-order valence-corrected chi connectivity index (χ2v) is 7.59. The summed E-state index contributed by atoms with van der Waals surface area (Å²) in [5.74, 6) is -1.54. The van der Waals surface area contributed by atoms with Crippen LogP contribution in [0.4, 0.5) is 5.69 Å². The van der Waals surface area contributed by atoms with Crippen molar-refractivity contribution in [2.24, 2.45) is 0 Å². The van der Waals surface area contributed by atoms with E-state index in [4.69, 9.17) is 13.9 Å². The van der Waals surface area contributed by atoms with E-state index in [-0.39, 0.29) is 24.8 Å². The first kappa shape index (κ1) is 24.0. The average Bonchev–Trinajstić information content (AvgIpc) is 3.17. The first-order valence-electron chi connectivity index (χ1n) is 10.7. The Morgan fingerprint density at radius 3 is 2.52 bits per heavy atom. The van der Waals surface area contributed by atoms with Crippen LogP contribution >= 0.6 is 0 Å². The number of anilines is 1. The Kier molecular flexibility index (Phi) is 8.21. The Labute approximate surface area is 192 Å². The third-order valence-electron chi connectivity index (χ3n) is 5.10. The van der Waals surface area contributed by atoms with Gasteiger partial charge in [0, 0.05) is 30.3 Å². The van der Waals surface area contributed by atoms with E-state index < -0.39 is 18.5 Å². The van der Waals surface area contributed by atoms with Gasteiger partial charge in [0.25, 0.3) is 5.91 Å². The summed E-state index contributed by atoms with van der Waals surface area (Å²) in [5, 5.41) is 3.56. The number of benzene rings is 2. The summed E-state index contributed by atoms with van der Waals surface area (Å²) in [6.07, 6.45) is 0.652. The first-order chi connectivity index (χ1) is 15.9. The molecule has 0 saturated carbocycles. The highest BCUT2D eigenvalue weighted by atomic mass is 16.5. The van der Waals surface area contributed by atoms with E-state index in [2.05, 4.69) is 5.32 Å². The van der Waals surface area contributed by atoms with E-state index in [9.17, 15) is 14.4 Å². The maximum absolute atomic E-state index is 12.7. The van der Waals surface area contributed by atoms with Crippen molar-refractivity contribution in [3.63, 3.8) is 0 Å². The largest absolute Gasteiger partial charge is 0.450 e. The minimum atomic E-state index is -0.757. The van der Waals surface area contributed by atoms with Crippen molar-refractivity contribution in [2.45, 2.75) is 26.9 Å². The zero-order chi connectivity index (χ0) is 23.8. The van der Waals surface area contributed by atoms with Gasteiger partial charge in [0.1, 0.15) is 5.58 Å². The first-order valence-corrected chi connectivity index (χ1v) is 10.7. The number of carbonyl (C=O) groups is 3. The lowest BCUT2D eigenvalue weighted by molar-refractivity contribution is -0.137. The molecule has 3 aromatic rings. The summed E-state index contributed by atoms with van der Waals surface area (Å²) in [7, 11) is 1.52. The molecular weight excluding hydrogens is 424 g/mol. The number of esters is 1. The van der Waals surface area contributed by atoms with Crippen LogP contribution < -0.4 is 5.32 Å². The molecule has 0 aliphatic carbocycles. The predicted molar refractivity (Wildman–Crippen MR) is 124 cm³/mol. The molecule has 0 spiro atoms. The minimum Gasteiger partial charge on any atom is -0.450 e. The summed E-state index contributed by atoms with van der Waals surface area (Å²) >= 11 is 0. The number of rotatable bonds is 10. The molecular formula is C25H28N2O6. The van der Waals surface area contributed by atoms with Gasteiger partial charge in [-0.1, -0.05) is 43.3 Å². The molecule has 0 unspecified atom stereocenters. The van der Waals surface area contributed by atoms with E-state index in [1.54, 1.807) is 18.2 Å². The zero-order valence-electron chi connectivity index (χ0n) is 19.1. The Hall–Kier alpha value is -3.65. The molecule has 8 heteroatoms. The van der Waals surface area contributed by atoms with Crippen LogP contribution in [0.25, 0.3) is 11.0 Å². The van der Waals surface area contributed by atoms with E-state index >= 15 is 0 Å². The Balaban J connectivity index is 1.64. The van der Waals surface area contributed by atoms with E-state index in [0.29, 0.717) is 29.8 Å². The molecule has 2 aromatic carbocycles. The molecule has 2 amide bonds. The molecule has 0 bridgehead atoms. The highest BCUT2D eigenvalue weighted by Crippen LogP contribution is 2.27. The summed E-state index contributed by atoms with van der Waals surface area (Å²) in [6.45, 7) is 3.67. The Morgan fingerprint density at radius 1 is 1.06 bits per heavy atom. The lowest BCUT2D eigenvalue weighted by Crippen LogP contribution is -2.40. The van der Waals surface area contributed by atoms with Crippen molar-refractivity contribution in [1.29, 1.82) is 0 Å². The number of hydrogen-bond donors (Lipinski definition) is 1. The number of furan rings is 1. The molecule has 0 fully saturated rings. The minimum absolute atomic E-state index is 0.00480. The van der Waals surface area contributed by atoms with E-state index in [1.165, 1.54) is 12.0 Å². The van der Waals surface area contributed by atoms with Crippen LogP contribution in [0.5, 0.6) is 0 Å². The van der Waals surface area contributed by atoms with Gasteiger partial charge in [0.15, 0.2) is 6.61 Å². The van der Waals surface area contributed by atoms with Gasteiger partial charge in [0.2, 0.25) is 11.7 Å². The fraction of sp³-hybridized carbons (Fsp3) is 0.320. The molecule has 0 saturated heterocycles. The Bertz CT molecular complexity index is 1140. The standard InChI is InChI=1S/C25H28N2O6/c1-4-13-27(14-22(28)26-20-11-7-5-9-17(20)2)23(29)16-32-25(30)24-19(15-31-3)18-10-6-8-12-21(18)33-24/h5-12H,4,13-16H2,1-3H3,(H,26,28). The second kappa shape index (κ2) is 11.3. The number of fused-ring (bicyclic) bond motifs is 1. The fourth-order valence-electron chi connectivity index (χ4n) is 3.47. The van der Waals surface area contributed by atoms with Gasteiger partial charge < -0.3 is 24.1 Å². The number of amides is 2. The van der Waals surface area contributed by atoms with Crippen LogP contribution in [0, 0.1) is 6.92 Å². The molecule has 1 aromatic heterocycles. The Morgan fingerprint density at radius 2 is 1.79 bits per heavy atom. The van der Waals surface area contributed by atoms with Gasteiger partial charge in [-0.15, -0.1) is 0 Å². The van der Waals surface area contributed by atoms with Crippen LogP contribution in [0.15, 0.2) is 52.9 Å². The van der Waals surface area contributed by atoms with Crippen molar-refractivity contribution in [3.8, 4) is 0 Å². The van der Waals surface area contributed by atoms with Crippen LogP contribution in [0.1, 0.15) is 35.0 Å². The van der Waals surface area contributed by atoms with E-state index in [0.717, 1.165) is 10.9 Å². The van der Waals surface area contributed by atoms with Gasteiger partial charge in [-0.3, -0.25) is 9.59 Å². The molecule has 1 N–H and O–H groups in total. The lowest BCUT2D eigenvalue weighted by Gasteiger charge is -2.21. The number of carbonyl (C=O) groups excluding carboxylic acids is 3. The summed E-state index contributed by atoms with van der Waals surface area (Å²) in [4.78, 5) is 39.3. The summed E-state index contributed by atoms with van der Waals surface area (Å²) in [5.41, 5.74) is 2.70. The molecule has 8 nitrogen and oxygen atoms in total. The number of aryl methyl sites for hydroxylation is 1. The van der Waals surface area contributed by atoms with Crippen molar-refractivity contribution in [1.82, 2.24) is 4.90 Å². The molecule has 174 valence electrons. The van der Waals surface area contributed by atoms with Crippen LogP contribution in [0.3, 0.4) is 0 Å². The molecule has 0 atom stereocenters. The predicted octanol–water partition coefficient (Wildman–Crippen LogP) is 3.92. The van der Waals surface area contributed by atoms with Crippen molar-refractivity contribution in [3.05, 3.63) is 65.4 Å². The topological polar surface area (TPSA) is 98.1 Å². The monoisotopic (exact) mass is 452 g/mol. The number of ether oxygens (including phenoxy) is 2. The summed E-state index contributed by atoms with van der Waals surface area (Å²) < 4.78 is 16.1. The number of nitrogens with zero attached hydrogens (tertiary/aromatic N) is 1. The van der Waals surface area contributed by atoms with Crippen molar-refractivity contribution >= 4 is 34.4 Å². The van der Waals surface area contributed by atoms with Crippen LogP contribution in [0.2, 0.25) is 0 Å². The third kappa shape index (κ3) is 5.98. The highest BCUT2D eigenvalue weighted by molar-refractivity contribution is 5.98. The molecule has 0 radical (unpaired) electrons. The maximum atomic E-state index is 12.7. The van der Waals surface area contributed by atoms with Gasteiger partial charge in [-0.25, -0.2) is 4.79 Å². The van der Waals surface area contributed by atoms with Gasteiger partial charge >= 0.3 is 5.97 Å². The summed E-state index contributed by atoms with van der Waals surface area (Å²) in [6, 6.07) is 14.6. The normalized spacial score (nSPS) is 10.8. The number of methoxy groups -OCH3 is 1. The van der Waals surface area contributed by atoms with Gasteiger partial charge in [0.05, 0.1) is 13.2 Å². The smallest absolute Gasteiger partial charge is 0.375 e. The fourth-order valence-corrected chi connectivity index (χ4v) is 3.47. The molecule has 0 aliphatic heterocycles. The van der Waals surface area contributed by atoms with Gasteiger partial charge in [-0.05, 0) is 31.0 Å². The van der Waals surface area contributed by atoms with Crippen molar-refractivity contribution in [2.75, 3.05) is 32.1 Å². The van der Waals surface area contributed by atoms with Crippen LogP contribution in [-0.2, 0) is 25.7 Å². The van der Waals surface area contributed by atoms with Crippen molar-refractivity contribution < 1.29 is 28.3 Å². The average molecular weight is 453 g/mol. The van der Waals surface area contributed by atoms with E-state index in [1.807, 2.05) is 44.2 Å². The maximum Gasteiger partial charge on any atom is 0.375 e. The lowest BCUT2D eigenvalue weighted by atomic mass is 10.1. The van der Waals surface area contributed by atoms with Gasteiger partial charge in [-0.2, -0.15) is 0 Å². The quantitative estimate of drug-likeness (QED) is 0.468.